The molecule has 0 aliphatic heterocycles. The molecule has 2 N–H and O–H groups in total. The van der Waals surface area contributed by atoms with E-state index in [9.17, 15) is 10.2 Å². The third-order valence-corrected chi connectivity index (χ3v) is 3.46. The standard InChI is InChI=1S/C12H11ClN2O2S/c1-7-4-11(17)15-12(14-7)18-6-8-2-3-9(16)5-10(8)13/h2-5,16H,6H2,1H3,(H,14,15,17). The van der Waals surface area contributed by atoms with E-state index in [1.807, 2.05) is 0 Å². The number of halogens is 1. The lowest BCUT2D eigenvalue weighted by Crippen LogP contribution is -1.91. The third-order valence-electron chi connectivity index (χ3n) is 2.21. The predicted octanol–water partition coefficient (Wildman–Crippen LogP) is 3.14. The molecule has 2 rings (SSSR count). The molecule has 0 saturated carbocycles. The van der Waals surface area contributed by atoms with Gasteiger partial charge in [0.1, 0.15) is 5.75 Å². The second-order valence-corrected chi connectivity index (χ2v) is 5.06. The summed E-state index contributed by atoms with van der Waals surface area (Å²) in [7, 11) is 0. The zero-order chi connectivity index (χ0) is 13.1. The molecular weight excluding hydrogens is 272 g/mol. The van der Waals surface area contributed by atoms with Gasteiger partial charge in [-0.2, -0.15) is 4.98 Å². The van der Waals surface area contributed by atoms with Gasteiger partial charge in [0, 0.05) is 22.5 Å². The Morgan fingerprint density at radius 3 is 2.67 bits per heavy atom. The van der Waals surface area contributed by atoms with Gasteiger partial charge in [-0.3, -0.25) is 0 Å². The Balaban J connectivity index is 2.11. The molecule has 2 aromatic rings. The van der Waals surface area contributed by atoms with E-state index in [1.165, 1.54) is 23.9 Å². The van der Waals surface area contributed by atoms with E-state index in [2.05, 4.69) is 9.97 Å². The smallest absolute Gasteiger partial charge is 0.215 e. The van der Waals surface area contributed by atoms with Crippen molar-refractivity contribution in [2.45, 2.75) is 17.8 Å². The lowest BCUT2D eigenvalue weighted by atomic mass is 10.2. The van der Waals surface area contributed by atoms with Crippen LogP contribution < -0.4 is 0 Å². The summed E-state index contributed by atoms with van der Waals surface area (Å²) < 4.78 is 0. The van der Waals surface area contributed by atoms with Crippen molar-refractivity contribution in [1.29, 1.82) is 0 Å². The normalized spacial score (nSPS) is 10.6. The van der Waals surface area contributed by atoms with Crippen LogP contribution >= 0.6 is 23.4 Å². The fourth-order valence-corrected chi connectivity index (χ4v) is 2.61. The summed E-state index contributed by atoms with van der Waals surface area (Å²) in [6, 6.07) is 6.32. The second-order valence-electron chi connectivity index (χ2n) is 3.71. The quantitative estimate of drug-likeness (QED) is 0.669. The first-order chi connectivity index (χ1) is 8.54. The molecule has 0 radical (unpaired) electrons. The highest BCUT2D eigenvalue weighted by molar-refractivity contribution is 7.98. The first-order valence-electron chi connectivity index (χ1n) is 5.19. The van der Waals surface area contributed by atoms with Crippen LogP contribution in [0.25, 0.3) is 0 Å². The summed E-state index contributed by atoms with van der Waals surface area (Å²) in [6.07, 6.45) is 0. The summed E-state index contributed by atoms with van der Waals surface area (Å²) in [5.74, 6) is 0.669. The first-order valence-corrected chi connectivity index (χ1v) is 6.56. The lowest BCUT2D eigenvalue weighted by Gasteiger charge is -2.05. The Labute approximate surface area is 114 Å². The van der Waals surface area contributed by atoms with Gasteiger partial charge in [0.25, 0.3) is 0 Å². The SMILES string of the molecule is Cc1cc(O)nc(SCc2ccc(O)cc2Cl)n1. The number of phenols is 1. The third kappa shape index (κ3) is 3.27. The van der Waals surface area contributed by atoms with Gasteiger partial charge in [0.15, 0.2) is 5.16 Å². The summed E-state index contributed by atoms with van der Waals surface area (Å²) >= 11 is 7.37. The van der Waals surface area contributed by atoms with Crippen LogP contribution in [-0.2, 0) is 5.75 Å². The fourth-order valence-electron chi connectivity index (χ4n) is 1.39. The van der Waals surface area contributed by atoms with Gasteiger partial charge >= 0.3 is 0 Å². The highest BCUT2D eigenvalue weighted by Crippen LogP contribution is 2.28. The molecule has 0 unspecified atom stereocenters. The van der Waals surface area contributed by atoms with Crippen LogP contribution in [0.5, 0.6) is 11.6 Å². The maximum atomic E-state index is 9.36. The number of aromatic hydroxyl groups is 2. The highest BCUT2D eigenvalue weighted by atomic mass is 35.5. The van der Waals surface area contributed by atoms with E-state index in [0.29, 0.717) is 21.6 Å². The molecule has 94 valence electrons. The number of aryl methyl sites for hydroxylation is 1. The molecule has 0 amide bonds. The average Bonchev–Trinajstić information content (AvgIpc) is 2.26. The topological polar surface area (TPSA) is 66.2 Å². The minimum atomic E-state index is -0.0400. The Hall–Kier alpha value is -1.46. The van der Waals surface area contributed by atoms with Crippen molar-refractivity contribution in [2.24, 2.45) is 0 Å². The van der Waals surface area contributed by atoms with Crippen LogP contribution in [0.4, 0.5) is 0 Å². The molecule has 6 heteroatoms. The number of thioether (sulfide) groups is 1. The van der Waals surface area contributed by atoms with Crippen molar-refractivity contribution in [1.82, 2.24) is 9.97 Å². The Bertz CT molecular complexity index is 558. The average molecular weight is 283 g/mol. The summed E-state index contributed by atoms with van der Waals surface area (Å²) in [4.78, 5) is 8.11. The first kappa shape index (κ1) is 13.0. The maximum Gasteiger partial charge on any atom is 0.215 e. The maximum absolute atomic E-state index is 9.36. The van der Waals surface area contributed by atoms with Crippen molar-refractivity contribution < 1.29 is 10.2 Å². The molecule has 18 heavy (non-hydrogen) atoms. The number of nitrogens with zero attached hydrogens (tertiary/aromatic N) is 2. The lowest BCUT2D eigenvalue weighted by molar-refractivity contribution is 0.444. The van der Waals surface area contributed by atoms with Gasteiger partial charge in [-0.05, 0) is 24.6 Å². The summed E-state index contributed by atoms with van der Waals surface area (Å²) in [5.41, 5.74) is 1.59. The molecule has 1 aromatic carbocycles. The molecule has 4 nitrogen and oxygen atoms in total. The second kappa shape index (κ2) is 5.46. The summed E-state index contributed by atoms with van der Waals surface area (Å²) in [5, 5.41) is 19.6. The van der Waals surface area contributed by atoms with Crippen LogP contribution in [0.1, 0.15) is 11.3 Å². The molecule has 0 bridgehead atoms. The van der Waals surface area contributed by atoms with Gasteiger partial charge in [-0.25, -0.2) is 4.98 Å². The monoisotopic (exact) mass is 282 g/mol. The molecule has 0 fully saturated rings. The van der Waals surface area contributed by atoms with E-state index in [-0.39, 0.29) is 11.6 Å². The largest absolute Gasteiger partial charge is 0.508 e. The van der Waals surface area contributed by atoms with Crippen molar-refractivity contribution in [2.75, 3.05) is 0 Å². The number of hydrogen-bond donors (Lipinski definition) is 2. The van der Waals surface area contributed by atoms with Crippen molar-refractivity contribution in [3.05, 3.63) is 40.5 Å². The van der Waals surface area contributed by atoms with Gasteiger partial charge in [-0.1, -0.05) is 29.4 Å². The molecule has 1 aromatic heterocycles. The van der Waals surface area contributed by atoms with Gasteiger partial charge in [-0.15, -0.1) is 0 Å². The van der Waals surface area contributed by atoms with Crippen LogP contribution in [0.3, 0.4) is 0 Å². The molecule has 1 heterocycles. The Morgan fingerprint density at radius 2 is 2.00 bits per heavy atom. The number of benzene rings is 1. The van der Waals surface area contributed by atoms with Crippen molar-refractivity contribution in [3.8, 4) is 11.6 Å². The summed E-state index contributed by atoms with van der Waals surface area (Å²) in [6.45, 7) is 1.79. The van der Waals surface area contributed by atoms with E-state index < -0.39 is 0 Å². The van der Waals surface area contributed by atoms with Gasteiger partial charge < -0.3 is 10.2 Å². The zero-order valence-electron chi connectivity index (χ0n) is 9.59. The minimum absolute atomic E-state index is 0.0400. The van der Waals surface area contributed by atoms with Crippen LogP contribution in [0.15, 0.2) is 29.4 Å². The molecular formula is C12H11ClN2O2S. The molecule has 0 atom stereocenters. The van der Waals surface area contributed by atoms with Gasteiger partial charge in [0.2, 0.25) is 5.88 Å². The van der Waals surface area contributed by atoms with E-state index in [4.69, 9.17) is 11.6 Å². The van der Waals surface area contributed by atoms with Crippen molar-refractivity contribution in [3.63, 3.8) is 0 Å². The van der Waals surface area contributed by atoms with E-state index >= 15 is 0 Å². The van der Waals surface area contributed by atoms with Gasteiger partial charge in [0.05, 0.1) is 0 Å². The number of aromatic nitrogens is 2. The molecule has 0 spiro atoms. The minimum Gasteiger partial charge on any atom is -0.508 e. The zero-order valence-corrected chi connectivity index (χ0v) is 11.2. The molecule has 0 aliphatic rings. The van der Waals surface area contributed by atoms with E-state index in [1.54, 1.807) is 19.1 Å². The number of hydrogen-bond acceptors (Lipinski definition) is 5. The van der Waals surface area contributed by atoms with Crippen molar-refractivity contribution >= 4 is 23.4 Å². The van der Waals surface area contributed by atoms with Crippen LogP contribution in [0.2, 0.25) is 5.02 Å². The molecule has 0 saturated heterocycles. The molecule has 0 aliphatic carbocycles. The highest BCUT2D eigenvalue weighted by Gasteiger charge is 2.06. The van der Waals surface area contributed by atoms with Crippen LogP contribution in [0, 0.1) is 6.92 Å². The van der Waals surface area contributed by atoms with E-state index in [0.717, 1.165) is 5.56 Å². The Kier molecular flexibility index (Phi) is 3.93. The Morgan fingerprint density at radius 1 is 1.22 bits per heavy atom. The predicted molar refractivity (Wildman–Crippen MR) is 71.1 cm³/mol. The number of phenolic OH excluding ortho intramolecular Hbond substituents is 1. The fraction of sp³-hybridized carbons (Fsp3) is 0.167. The van der Waals surface area contributed by atoms with Crippen LogP contribution in [-0.4, -0.2) is 20.2 Å². The number of rotatable bonds is 3.